The molecule has 0 aliphatic carbocycles. The maximum absolute atomic E-state index is 15.4. The fourth-order valence-electron chi connectivity index (χ4n) is 4.46. The van der Waals surface area contributed by atoms with E-state index in [1.165, 1.54) is 4.90 Å². The number of hydrogen-bond acceptors (Lipinski definition) is 6. The third-order valence-corrected chi connectivity index (χ3v) is 6.59. The molecule has 2 aliphatic rings. The smallest absolute Gasteiger partial charge is 0.422 e. The van der Waals surface area contributed by atoms with Crippen molar-refractivity contribution in [1.82, 2.24) is 14.9 Å². The quantitative estimate of drug-likeness (QED) is 0.409. The second kappa shape index (κ2) is 9.08. The van der Waals surface area contributed by atoms with E-state index in [0.29, 0.717) is 25.0 Å². The highest BCUT2D eigenvalue weighted by Gasteiger charge is 2.43. The van der Waals surface area contributed by atoms with Gasteiger partial charge in [-0.1, -0.05) is 6.58 Å². The van der Waals surface area contributed by atoms with Crippen LogP contribution in [0.25, 0.3) is 16.7 Å². The summed E-state index contributed by atoms with van der Waals surface area (Å²) in [6.07, 6.45) is -4.39. The number of nitrogens with zero attached hydrogens (tertiary/aromatic N) is 4. The number of ether oxygens (including phenoxy) is 2. The number of amides is 1. The van der Waals surface area contributed by atoms with E-state index in [2.05, 4.69) is 32.5 Å². The number of benzene rings is 1. The topological polar surface area (TPSA) is 88.0 Å². The fourth-order valence-corrected chi connectivity index (χ4v) is 4.99. The Balaban J connectivity index is 1.83. The second-order valence-corrected chi connectivity index (χ2v) is 8.81. The number of rotatable bonds is 6. The van der Waals surface area contributed by atoms with E-state index in [4.69, 9.17) is 9.47 Å². The largest absolute Gasteiger partial charge is 0.494 e. The molecule has 2 fully saturated rings. The van der Waals surface area contributed by atoms with Crippen LogP contribution in [0.15, 0.2) is 17.1 Å². The third kappa shape index (κ3) is 4.57. The van der Waals surface area contributed by atoms with Gasteiger partial charge in [0.05, 0.1) is 23.2 Å². The van der Waals surface area contributed by atoms with Crippen molar-refractivity contribution in [2.75, 3.05) is 31.2 Å². The first-order chi connectivity index (χ1) is 16.0. The van der Waals surface area contributed by atoms with Gasteiger partial charge in [0.1, 0.15) is 17.1 Å². The van der Waals surface area contributed by atoms with Crippen molar-refractivity contribution in [3.05, 3.63) is 28.5 Å². The molecule has 0 spiro atoms. The van der Waals surface area contributed by atoms with Gasteiger partial charge in [-0.3, -0.25) is 4.90 Å². The van der Waals surface area contributed by atoms with Crippen LogP contribution in [0.5, 0.6) is 6.01 Å². The van der Waals surface area contributed by atoms with Gasteiger partial charge in [-0.15, -0.1) is 0 Å². The highest BCUT2D eigenvalue weighted by atomic mass is 79.9. The van der Waals surface area contributed by atoms with Crippen LogP contribution in [0.3, 0.4) is 0 Å². The predicted octanol–water partition coefficient (Wildman–Crippen LogP) is 4.81. The molecule has 2 bridgehead atoms. The summed E-state index contributed by atoms with van der Waals surface area (Å²) in [6.45, 7) is 4.69. The molecule has 2 atom stereocenters. The van der Waals surface area contributed by atoms with Crippen LogP contribution in [0.4, 0.5) is 28.2 Å². The molecule has 2 aliphatic heterocycles. The van der Waals surface area contributed by atoms with Crippen molar-refractivity contribution in [3.63, 3.8) is 0 Å². The Bertz CT molecular complexity index is 1130. The molecular weight excluding hydrogens is 528 g/mol. The van der Waals surface area contributed by atoms with Crippen molar-refractivity contribution >= 4 is 44.5 Å². The molecule has 0 radical (unpaired) electrons. The predicted molar refractivity (Wildman–Crippen MR) is 118 cm³/mol. The van der Waals surface area contributed by atoms with Gasteiger partial charge in [-0.25, -0.2) is 9.18 Å². The summed E-state index contributed by atoms with van der Waals surface area (Å²) in [5, 5.41) is 9.75. The summed E-state index contributed by atoms with van der Waals surface area (Å²) in [5.74, 6) is -0.489. The molecule has 0 unspecified atom stereocenters. The lowest BCUT2D eigenvalue weighted by atomic mass is 10.1. The zero-order valence-corrected chi connectivity index (χ0v) is 19.6. The van der Waals surface area contributed by atoms with Crippen LogP contribution < -0.4 is 9.64 Å². The van der Waals surface area contributed by atoms with Crippen molar-refractivity contribution < 1.29 is 36.9 Å². The highest BCUT2D eigenvalue weighted by molar-refractivity contribution is 9.10. The number of carbonyl (C=O) groups is 1. The summed E-state index contributed by atoms with van der Waals surface area (Å²) in [7, 11) is 0. The molecule has 1 amide bonds. The summed E-state index contributed by atoms with van der Waals surface area (Å²) in [5.41, 5.74) is 0.0583. The van der Waals surface area contributed by atoms with Gasteiger partial charge in [0.15, 0.2) is 12.4 Å². The van der Waals surface area contributed by atoms with E-state index in [1.54, 1.807) is 17.9 Å². The summed E-state index contributed by atoms with van der Waals surface area (Å²) in [6, 6.07) is 0.280. The van der Waals surface area contributed by atoms with Crippen molar-refractivity contribution in [3.8, 4) is 6.01 Å². The number of piperazine rings is 1. The van der Waals surface area contributed by atoms with E-state index in [0.717, 1.165) is 0 Å². The average Bonchev–Trinajstić information content (AvgIpc) is 3.04. The zero-order valence-electron chi connectivity index (χ0n) is 18.0. The standard InChI is InChI=1S/C21H21BrF4N4O4/c1-3-33-10(2)13-6-14-17(16(23)15(13)22)27-19(34-9-21(24,25)26)28-18(14)29-7-11-4-5-12(8-29)30(11)20(31)32/h6,11-12H,2-5,7-9H2,1H3,(H,31,32)/t11-,12+. The summed E-state index contributed by atoms with van der Waals surface area (Å²) < 4.78 is 63.7. The van der Waals surface area contributed by atoms with Crippen LogP contribution in [-0.2, 0) is 4.74 Å². The van der Waals surface area contributed by atoms with Crippen LogP contribution >= 0.6 is 15.9 Å². The molecule has 8 nitrogen and oxygen atoms in total. The van der Waals surface area contributed by atoms with Crippen LogP contribution in [-0.4, -0.2) is 70.6 Å². The van der Waals surface area contributed by atoms with Crippen LogP contribution in [0.1, 0.15) is 25.3 Å². The molecule has 1 aromatic heterocycles. The molecule has 34 heavy (non-hydrogen) atoms. The minimum atomic E-state index is -4.64. The first-order valence-electron chi connectivity index (χ1n) is 10.5. The Hall–Kier alpha value is -2.83. The third-order valence-electron chi connectivity index (χ3n) is 5.82. The Kier molecular flexibility index (Phi) is 6.49. The van der Waals surface area contributed by atoms with Gasteiger partial charge in [0.2, 0.25) is 0 Å². The Morgan fingerprint density at radius 1 is 1.29 bits per heavy atom. The number of hydrogen-bond donors (Lipinski definition) is 1. The number of alkyl halides is 3. The molecular formula is C21H21BrF4N4O4. The monoisotopic (exact) mass is 548 g/mol. The first-order valence-corrected chi connectivity index (χ1v) is 11.3. The van der Waals surface area contributed by atoms with Gasteiger partial charge in [-0.2, -0.15) is 23.1 Å². The zero-order chi connectivity index (χ0) is 24.8. The first kappa shape index (κ1) is 24.3. The van der Waals surface area contributed by atoms with Gasteiger partial charge in [0.25, 0.3) is 0 Å². The van der Waals surface area contributed by atoms with E-state index < -0.39 is 30.7 Å². The van der Waals surface area contributed by atoms with Gasteiger partial charge in [0, 0.05) is 24.0 Å². The molecule has 4 rings (SSSR count). The number of aromatic nitrogens is 2. The average molecular weight is 549 g/mol. The Labute approximate surface area is 200 Å². The summed E-state index contributed by atoms with van der Waals surface area (Å²) >= 11 is 3.16. The summed E-state index contributed by atoms with van der Waals surface area (Å²) in [4.78, 5) is 22.9. The number of halogens is 5. The Morgan fingerprint density at radius 3 is 2.50 bits per heavy atom. The van der Waals surface area contributed by atoms with Gasteiger partial charge >= 0.3 is 18.3 Å². The highest BCUT2D eigenvalue weighted by Crippen LogP contribution is 2.39. The number of anilines is 1. The minimum Gasteiger partial charge on any atom is -0.494 e. The molecule has 3 heterocycles. The minimum absolute atomic E-state index is 0.0133. The lowest BCUT2D eigenvalue weighted by molar-refractivity contribution is -0.154. The molecule has 2 aromatic rings. The van der Waals surface area contributed by atoms with Gasteiger partial charge in [-0.05, 0) is 41.8 Å². The van der Waals surface area contributed by atoms with Crippen molar-refractivity contribution in [1.29, 1.82) is 0 Å². The SMILES string of the molecule is C=C(OCC)c1cc2c(N3C[C@H]4CC[C@@H](C3)N4C(=O)O)nc(OCC(F)(F)F)nc2c(F)c1Br. The number of fused-ring (bicyclic) bond motifs is 3. The van der Waals surface area contributed by atoms with E-state index >= 15 is 4.39 Å². The van der Waals surface area contributed by atoms with Crippen LogP contribution in [0, 0.1) is 5.82 Å². The van der Waals surface area contributed by atoms with Gasteiger partial charge < -0.3 is 19.5 Å². The molecule has 184 valence electrons. The van der Waals surface area contributed by atoms with Crippen LogP contribution in [0.2, 0.25) is 0 Å². The van der Waals surface area contributed by atoms with Crippen molar-refractivity contribution in [2.24, 2.45) is 0 Å². The second-order valence-electron chi connectivity index (χ2n) is 8.02. The maximum atomic E-state index is 15.4. The number of carboxylic acid groups (broad SMARTS) is 1. The van der Waals surface area contributed by atoms with E-state index in [1.807, 2.05) is 0 Å². The Morgan fingerprint density at radius 2 is 1.94 bits per heavy atom. The van der Waals surface area contributed by atoms with Crippen molar-refractivity contribution in [2.45, 2.75) is 38.0 Å². The lowest BCUT2D eigenvalue weighted by Crippen LogP contribution is -2.55. The normalized spacial score (nSPS) is 20.1. The lowest BCUT2D eigenvalue weighted by Gasteiger charge is -2.40. The molecule has 0 saturated carbocycles. The molecule has 2 saturated heterocycles. The fraction of sp³-hybridized carbons (Fsp3) is 0.476. The molecule has 1 aromatic carbocycles. The maximum Gasteiger partial charge on any atom is 0.422 e. The van der Waals surface area contributed by atoms with E-state index in [9.17, 15) is 23.1 Å². The molecule has 1 N–H and O–H groups in total. The van der Waals surface area contributed by atoms with E-state index in [-0.39, 0.29) is 52.1 Å². The molecule has 13 heteroatoms.